The van der Waals surface area contributed by atoms with Crippen molar-refractivity contribution >= 4 is 0 Å². The molecule has 0 aliphatic heterocycles. The molecule has 2 nitrogen and oxygen atoms in total. The Balaban J connectivity index is 2.13. The Morgan fingerprint density at radius 2 is 0.829 bits per heavy atom. The summed E-state index contributed by atoms with van der Waals surface area (Å²) in [7, 11) is 0. The molecule has 2 heteroatoms. The molecule has 1 heterocycles. The zero-order valence-electron chi connectivity index (χ0n) is 29.0. The van der Waals surface area contributed by atoms with E-state index in [0.29, 0.717) is 12.0 Å². The first kappa shape index (κ1) is 38.2. The fraction of sp³-hybridized carbons (Fsp3) is 0.923. The van der Waals surface area contributed by atoms with Crippen LogP contribution in [0.15, 0.2) is 12.4 Å². The summed E-state index contributed by atoms with van der Waals surface area (Å²) in [4.78, 5) is 3.68. The molecule has 1 N–H and O–H groups in total. The van der Waals surface area contributed by atoms with Crippen LogP contribution < -0.4 is 4.57 Å². The lowest BCUT2D eigenvalue weighted by Crippen LogP contribution is -2.41. The second-order valence-electron chi connectivity index (χ2n) is 13.6. The average molecular weight is 574 g/mol. The van der Waals surface area contributed by atoms with Gasteiger partial charge in [-0.1, -0.05) is 188 Å². The van der Waals surface area contributed by atoms with Gasteiger partial charge >= 0.3 is 0 Å². The number of aromatic nitrogens is 2. The Morgan fingerprint density at radius 1 is 0.463 bits per heavy atom. The maximum absolute atomic E-state index is 3.68. The van der Waals surface area contributed by atoms with Gasteiger partial charge in [0.2, 0.25) is 0 Å². The molecular weight excluding hydrogens is 496 g/mol. The molecule has 242 valence electrons. The van der Waals surface area contributed by atoms with E-state index in [1.807, 2.05) is 0 Å². The van der Waals surface area contributed by atoms with Crippen LogP contribution in [0.4, 0.5) is 0 Å². The quantitative estimate of drug-likeness (QED) is 0.0653. The van der Waals surface area contributed by atoms with Gasteiger partial charge in [-0.2, -0.15) is 0 Å². The summed E-state index contributed by atoms with van der Waals surface area (Å²) in [6.45, 7) is 9.43. The van der Waals surface area contributed by atoms with Crippen molar-refractivity contribution in [3.05, 3.63) is 18.2 Å². The Morgan fingerprint density at radius 3 is 1.22 bits per heavy atom. The molecule has 0 saturated heterocycles. The second-order valence-corrected chi connectivity index (χ2v) is 13.6. The fourth-order valence-corrected chi connectivity index (χ4v) is 6.84. The molecule has 0 spiro atoms. The molecule has 0 aromatic carbocycles. The summed E-state index contributed by atoms with van der Waals surface area (Å²) in [6.07, 6.45) is 47.3. The highest BCUT2D eigenvalue weighted by molar-refractivity contribution is 4.90. The van der Waals surface area contributed by atoms with Crippen LogP contribution in [0.5, 0.6) is 0 Å². The summed E-state index contributed by atoms with van der Waals surface area (Å²) in [5.74, 6) is 2.21. The van der Waals surface area contributed by atoms with Crippen LogP contribution in [0, 0.1) is 0 Å². The lowest BCUT2D eigenvalue weighted by molar-refractivity contribution is -0.727. The summed E-state index contributed by atoms with van der Waals surface area (Å²) >= 11 is 0. The van der Waals surface area contributed by atoms with Gasteiger partial charge in [-0.25, -0.2) is 9.55 Å². The molecular formula is C39H77N2+. The summed E-state index contributed by atoms with van der Waals surface area (Å²) in [6, 6.07) is 0.620. The highest BCUT2D eigenvalue weighted by atomic mass is 15.1. The number of H-pyrrole nitrogens is 1. The van der Waals surface area contributed by atoms with Crippen LogP contribution >= 0.6 is 0 Å². The van der Waals surface area contributed by atoms with Crippen LogP contribution in [0.3, 0.4) is 0 Å². The minimum Gasteiger partial charge on any atom is -0.247 e. The van der Waals surface area contributed by atoms with Crippen molar-refractivity contribution in [1.29, 1.82) is 0 Å². The zero-order chi connectivity index (χ0) is 29.6. The minimum absolute atomic E-state index is 0.620. The van der Waals surface area contributed by atoms with Gasteiger partial charge in [-0.3, -0.25) is 0 Å². The molecule has 1 aromatic rings. The summed E-state index contributed by atoms with van der Waals surface area (Å²) < 4.78 is 2.60. The van der Waals surface area contributed by atoms with E-state index in [0.717, 1.165) is 0 Å². The van der Waals surface area contributed by atoms with Gasteiger partial charge < -0.3 is 0 Å². The van der Waals surface area contributed by atoms with Gasteiger partial charge in [0.05, 0.1) is 12.0 Å². The van der Waals surface area contributed by atoms with Gasteiger partial charge in [0.15, 0.2) is 0 Å². The number of nitrogens with one attached hydrogen (secondary N) is 1. The molecule has 2 unspecified atom stereocenters. The van der Waals surface area contributed by atoms with Crippen LogP contribution in [0.25, 0.3) is 0 Å². The molecule has 0 bridgehead atoms. The van der Waals surface area contributed by atoms with Crippen molar-refractivity contribution in [3.63, 3.8) is 0 Å². The Labute approximate surface area is 259 Å². The van der Waals surface area contributed by atoms with Crippen molar-refractivity contribution in [1.82, 2.24) is 4.98 Å². The van der Waals surface area contributed by atoms with E-state index >= 15 is 0 Å². The normalized spacial score (nSPS) is 13.2. The van der Waals surface area contributed by atoms with E-state index in [-0.39, 0.29) is 0 Å². The maximum Gasteiger partial charge on any atom is 0.257 e. The van der Waals surface area contributed by atoms with Gasteiger partial charge in [0.1, 0.15) is 12.4 Å². The van der Waals surface area contributed by atoms with E-state index in [9.17, 15) is 0 Å². The van der Waals surface area contributed by atoms with Crippen LogP contribution in [0.2, 0.25) is 0 Å². The van der Waals surface area contributed by atoms with Gasteiger partial charge in [-0.15, -0.1) is 0 Å². The highest BCUT2D eigenvalue weighted by Crippen LogP contribution is 2.26. The number of nitrogens with zero attached hydrogens (tertiary/aromatic N) is 1. The minimum atomic E-state index is 0.620. The molecule has 1 aromatic heterocycles. The average Bonchev–Trinajstić information content (AvgIpc) is 3.47. The number of imidazole rings is 1. The van der Waals surface area contributed by atoms with E-state index in [1.165, 1.54) is 198 Å². The Bertz CT molecular complexity index is 635. The maximum atomic E-state index is 3.68. The molecule has 1 rings (SSSR count). The largest absolute Gasteiger partial charge is 0.257 e. The number of aromatic amines is 1. The van der Waals surface area contributed by atoms with E-state index in [4.69, 9.17) is 0 Å². The second kappa shape index (κ2) is 29.3. The summed E-state index contributed by atoms with van der Waals surface area (Å²) in [5.41, 5.74) is 0. The monoisotopic (exact) mass is 574 g/mol. The fourth-order valence-electron chi connectivity index (χ4n) is 6.84. The lowest BCUT2D eigenvalue weighted by atomic mass is 9.94. The highest BCUT2D eigenvalue weighted by Gasteiger charge is 2.24. The topological polar surface area (TPSA) is 19.7 Å². The van der Waals surface area contributed by atoms with Crippen LogP contribution in [0.1, 0.15) is 238 Å². The number of rotatable bonds is 32. The third kappa shape index (κ3) is 21.5. The van der Waals surface area contributed by atoms with Crippen molar-refractivity contribution < 1.29 is 4.57 Å². The Hall–Kier alpha value is -0.790. The predicted octanol–water partition coefficient (Wildman–Crippen LogP) is 13.7. The Kier molecular flexibility index (Phi) is 27.3. The number of unbranched alkanes of at least 4 members (excludes halogenated alkanes) is 24. The first-order valence-electron chi connectivity index (χ1n) is 19.3. The molecule has 0 saturated carbocycles. The molecule has 0 radical (unpaired) electrons. The summed E-state index contributed by atoms with van der Waals surface area (Å²) in [5, 5.41) is 0. The van der Waals surface area contributed by atoms with E-state index in [1.54, 1.807) is 0 Å². The lowest BCUT2D eigenvalue weighted by Gasteiger charge is -2.16. The number of hydrogen-bond acceptors (Lipinski definition) is 0. The standard InChI is InChI=1S/C39H76N2/c1-5-8-10-12-14-16-18-20-21-23-25-27-29-31-34-38(32-7-3)39-40-35-36-41(39)37(4)33-30-28-26-24-22-19-17-15-13-11-9-6-2/h35-38H,5-34H2,1-4H3/p+1. The SMILES string of the molecule is CCCCCCCCCCCCCCCCC(CCC)c1[nH]cc[n+]1C(C)CCCCCCCCCCCCCC. The van der Waals surface area contributed by atoms with E-state index in [2.05, 4.69) is 49.6 Å². The van der Waals surface area contributed by atoms with Crippen molar-refractivity contribution in [2.24, 2.45) is 0 Å². The van der Waals surface area contributed by atoms with Crippen molar-refractivity contribution in [3.8, 4) is 0 Å². The predicted molar refractivity (Wildman–Crippen MR) is 184 cm³/mol. The third-order valence-electron chi connectivity index (χ3n) is 9.62. The zero-order valence-corrected chi connectivity index (χ0v) is 29.0. The first-order valence-corrected chi connectivity index (χ1v) is 19.3. The van der Waals surface area contributed by atoms with Crippen LogP contribution in [-0.4, -0.2) is 4.98 Å². The molecule has 41 heavy (non-hydrogen) atoms. The third-order valence-corrected chi connectivity index (χ3v) is 9.62. The molecule has 0 fully saturated rings. The van der Waals surface area contributed by atoms with Crippen molar-refractivity contribution in [2.75, 3.05) is 0 Å². The molecule has 0 aliphatic carbocycles. The van der Waals surface area contributed by atoms with Gasteiger partial charge in [-0.05, 0) is 32.6 Å². The van der Waals surface area contributed by atoms with E-state index < -0.39 is 0 Å². The molecule has 2 atom stereocenters. The van der Waals surface area contributed by atoms with Crippen molar-refractivity contribution in [2.45, 2.75) is 232 Å². The smallest absolute Gasteiger partial charge is 0.247 e. The molecule has 0 amide bonds. The van der Waals surface area contributed by atoms with Gasteiger partial charge in [0, 0.05) is 0 Å². The molecule has 0 aliphatic rings. The number of hydrogen-bond donors (Lipinski definition) is 1. The van der Waals surface area contributed by atoms with Gasteiger partial charge in [0.25, 0.3) is 5.82 Å². The van der Waals surface area contributed by atoms with Crippen LogP contribution in [-0.2, 0) is 0 Å². The first-order chi connectivity index (χ1) is 20.2.